The van der Waals surface area contributed by atoms with Crippen LogP contribution in [-0.4, -0.2) is 9.97 Å². The van der Waals surface area contributed by atoms with E-state index < -0.39 is 0 Å². The topological polar surface area (TPSA) is 37.8 Å². The van der Waals surface area contributed by atoms with Gasteiger partial charge in [0.25, 0.3) is 0 Å². The third-order valence-electron chi connectivity index (χ3n) is 2.68. The maximum atomic E-state index is 6.10. The molecule has 0 aliphatic heterocycles. The lowest BCUT2D eigenvalue weighted by atomic mass is 9.86. The van der Waals surface area contributed by atoms with Crippen molar-refractivity contribution in [3.8, 4) is 0 Å². The van der Waals surface area contributed by atoms with Gasteiger partial charge in [0, 0.05) is 18.1 Å². The average molecular weight is 296 g/mol. The lowest BCUT2D eigenvalue weighted by molar-refractivity contribution is 0.592. The summed E-state index contributed by atoms with van der Waals surface area (Å²) in [5.74, 6) is 0.534. The zero-order valence-electron chi connectivity index (χ0n) is 11.0. The van der Waals surface area contributed by atoms with Gasteiger partial charge in [-0.05, 0) is 29.2 Å². The molecule has 0 fully saturated rings. The van der Waals surface area contributed by atoms with Crippen LogP contribution >= 0.6 is 23.2 Å². The molecule has 0 radical (unpaired) electrons. The maximum absolute atomic E-state index is 6.10. The van der Waals surface area contributed by atoms with Gasteiger partial charge in [0.05, 0.1) is 10.0 Å². The Bertz CT molecular complexity index is 577. The molecule has 5 heteroatoms. The molecular formula is C14H15Cl2N3. The molecule has 0 aliphatic rings. The summed E-state index contributed by atoms with van der Waals surface area (Å²) in [6.07, 6.45) is 3.37. The predicted molar refractivity (Wildman–Crippen MR) is 80.5 cm³/mol. The fourth-order valence-electron chi connectivity index (χ4n) is 1.75. The third kappa shape index (κ3) is 3.37. The van der Waals surface area contributed by atoms with Crippen LogP contribution in [0.25, 0.3) is 0 Å². The largest absolute Gasteiger partial charge is 0.324 e. The van der Waals surface area contributed by atoms with E-state index in [4.69, 9.17) is 23.2 Å². The molecule has 3 nitrogen and oxygen atoms in total. The Morgan fingerprint density at radius 1 is 1.00 bits per heavy atom. The second kappa shape index (κ2) is 5.35. The summed E-state index contributed by atoms with van der Waals surface area (Å²) >= 11 is 12.2. The fourth-order valence-corrected chi connectivity index (χ4v) is 2.08. The molecule has 0 spiro atoms. The lowest BCUT2D eigenvalue weighted by Gasteiger charge is -2.23. The molecule has 1 N–H and O–H groups in total. The van der Waals surface area contributed by atoms with E-state index in [0.717, 1.165) is 11.3 Å². The number of nitrogens with zero attached hydrogens (tertiary/aromatic N) is 2. The van der Waals surface area contributed by atoms with Gasteiger partial charge in [-0.1, -0.05) is 44.0 Å². The molecule has 0 saturated heterocycles. The summed E-state index contributed by atoms with van der Waals surface area (Å²) in [6.45, 7) is 6.34. The number of anilines is 2. The molecule has 19 heavy (non-hydrogen) atoms. The minimum Gasteiger partial charge on any atom is -0.324 e. The highest BCUT2D eigenvalue weighted by Crippen LogP contribution is 2.36. The van der Waals surface area contributed by atoms with Gasteiger partial charge in [-0.2, -0.15) is 0 Å². The van der Waals surface area contributed by atoms with E-state index in [1.165, 1.54) is 0 Å². The highest BCUT2D eigenvalue weighted by atomic mass is 35.5. The highest BCUT2D eigenvalue weighted by Gasteiger charge is 2.20. The fraction of sp³-hybridized carbons (Fsp3) is 0.286. The van der Waals surface area contributed by atoms with Crippen LogP contribution < -0.4 is 5.32 Å². The molecule has 100 valence electrons. The molecule has 0 atom stereocenters. The molecule has 1 aromatic carbocycles. The van der Waals surface area contributed by atoms with E-state index in [9.17, 15) is 0 Å². The highest BCUT2D eigenvalue weighted by molar-refractivity contribution is 6.42. The minimum absolute atomic E-state index is 0.0641. The number of halogens is 2. The van der Waals surface area contributed by atoms with Crippen molar-refractivity contribution in [2.24, 2.45) is 0 Å². The zero-order chi connectivity index (χ0) is 14.0. The van der Waals surface area contributed by atoms with Gasteiger partial charge in [-0.15, -0.1) is 0 Å². The van der Waals surface area contributed by atoms with E-state index in [0.29, 0.717) is 16.0 Å². The van der Waals surface area contributed by atoms with Gasteiger partial charge >= 0.3 is 0 Å². The summed E-state index contributed by atoms with van der Waals surface area (Å²) in [7, 11) is 0. The van der Waals surface area contributed by atoms with E-state index in [1.54, 1.807) is 24.5 Å². The minimum atomic E-state index is -0.0641. The van der Waals surface area contributed by atoms with Gasteiger partial charge in [0.1, 0.15) is 0 Å². The van der Waals surface area contributed by atoms with Gasteiger partial charge < -0.3 is 5.32 Å². The molecule has 0 amide bonds. The first-order valence-corrected chi connectivity index (χ1v) is 6.67. The Kier molecular flexibility index (Phi) is 3.97. The smallest absolute Gasteiger partial charge is 0.227 e. The Hall–Kier alpha value is -1.32. The number of aromatic nitrogens is 2. The van der Waals surface area contributed by atoms with Crippen molar-refractivity contribution in [2.75, 3.05) is 5.32 Å². The number of benzene rings is 1. The van der Waals surface area contributed by atoms with Crippen LogP contribution in [0.2, 0.25) is 10.0 Å². The van der Waals surface area contributed by atoms with Crippen LogP contribution in [-0.2, 0) is 5.41 Å². The second-order valence-electron chi connectivity index (χ2n) is 5.26. The van der Waals surface area contributed by atoms with Crippen molar-refractivity contribution < 1.29 is 0 Å². The molecule has 0 saturated carbocycles. The van der Waals surface area contributed by atoms with Crippen molar-refractivity contribution >= 4 is 34.8 Å². The molecule has 1 heterocycles. The van der Waals surface area contributed by atoms with Gasteiger partial charge in [0.2, 0.25) is 5.95 Å². The Morgan fingerprint density at radius 2 is 1.58 bits per heavy atom. The van der Waals surface area contributed by atoms with Crippen LogP contribution in [0, 0.1) is 0 Å². The monoisotopic (exact) mass is 295 g/mol. The van der Waals surface area contributed by atoms with Gasteiger partial charge in [-0.3, -0.25) is 0 Å². The molecular weight excluding hydrogens is 281 g/mol. The average Bonchev–Trinajstić information content (AvgIpc) is 2.33. The third-order valence-corrected chi connectivity index (χ3v) is 3.40. The summed E-state index contributed by atoms with van der Waals surface area (Å²) in [6, 6.07) is 5.46. The van der Waals surface area contributed by atoms with Crippen LogP contribution in [0.1, 0.15) is 26.3 Å². The first kappa shape index (κ1) is 14.1. The van der Waals surface area contributed by atoms with Crippen LogP contribution in [0.3, 0.4) is 0 Å². The Labute approximate surface area is 123 Å². The molecule has 0 bridgehead atoms. The summed E-state index contributed by atoms with van der Waals surface area (Å²) in [5, 5.41) is 4.24. The van der Waals surface area contributed by atoms with Crippen LogP contribution in [0.5, 0.6) is 0 Å². The number of hydrogen-bond donors (Lipinski definition) is 1. The molecule has 2 aromatic rings. The van der Waals surface area contributed by atoms with Crippen LogP contribution in [0.15, 0.2) is 30.6 Å². The normalized spacial score (nSPS) is 11.4. The van der Waals surface area contributed by atoms with Gasteiger partial charge in [0.15, 0.2) is 0 Å². The zero-order valence-corrected chi connectivity index (χ0v) is 12.5. The number of rotatable bonds is 2. The van der Waals surface area contributed by atoms with Crippen molar-refractivity contribution in [3.63, 3.8) is 0 Å². The quantitative estimate of drug-likeness (QED) is 0.863. The Balaban J connectivity index is 2.47. The molecule has 2 rings (SSSR count). The SMILES string of the molecule is CC(C)(C)c1cc(Cl)c(Cl)cc1Nc1ncccn1. The van der Waals surface area contributed by atoms with Crippen molar-refractivity contribution in [3.05, 3.63) is 46.2 Å². The van der Waals surface area contributed by atoms with Crippen molar-refractivity contribution in [1.82, 2.24) is 9.97 Å². The Morgan fingerprint density at radius 3 is 2.16 bits per heavy atom. The van der Waals surface area contributed by atoms with E-state index >= 15 is 0 Å². The number of nitrogens with one attached hydrogen (secondary N) is 1. The van der Waals surface area contributed by atoms with Crippen LogP contribution in [0.4, 0.5) is 11.6 Å². The first-order chi connectivity index (χ1) is 8.88. The summed E-state index contributed by atoms with van der Waals surface area (Å²) in [5.41, 5.74) is 1.87. The second-order valence-corrected chi connectivity index (χ2v) is 6.07. The standard InChI is InChI=1S/C14H15Cl2N3/c1-14(2,3)9-7-10(15)11(16)8-12(9)19-13-17-5-4-6-18-13/h4-8H,1-3H3,(H,17,18,19). The predicted octanol–water partition coefficient (Wildman–Crippen LogP) is 4.82. The molecule has 0 unspecified atom stereocenters. The maximum Gasteiger partial charge on any atom is 0.227 e. The number of hydrogen-bond acceptors (Lipinski definition) is 3. The van der Waals surface area contributed by atoms with Crippen molar-refractivity contribution in [1.29, 1.82) is 0 Å². The lowest BCUT2D eigenvalue weighted by Crippen LogP contribution is -2.14. The van der Waals surface area contributed by atoms with Gasteiger partial charge in [-0.25, -0.2) is 9.97 Å². The molecule has 0 aliphatic carbocycles. The van der Waals surface area contributed by atoms with E-state index in [2.05, 4.69) is 36.1 Å². The van der Waals surface area contributed by atoms with Crippen molar-refractivity contribution in [2.45, 2.75) is 26.2 Å². The van der Waals surface area contributed by atoms with E-state index in [1.807, 2.05) is 6.07 Å². The van der Waals surface area contributed by atoms with E-state index in [-0.39, 0.29) is 5.41 Å². The summed E-state index contributed by atoms with van der Waals surface area (Å²) in [4.78, 5) is 8.30. The first-order valence-electron chi connectivity index (χ1n) is 5.91. The summed E-state index contributed by atoms with van der Waals surface area (Å²) < 4.78 is 0. The molecule has 1 aromatic heterocycles.